The van der Waals surface area contributed by atoms with Crippen molar-refractivity contribution in [2.75, 3.05) is 33.7 Å². The van der Waals surface area contributed by atoms with Crippen molar-refractivity contribution in [2.45, 2.75) is 31.4 Å². The van der Waals surface area contributed by atoms with Gasteiger partial charge in [0.2, 0.25) is 0 Å². The summed E-state index contributed by atoms with van der Waals surface area (Å²) in [5, 5.41) is 10.9. The van der Waals surface area contributed by atoms with Gasteiger partial charge < -0.3 is 14.9 Å². The van der Waals surface area contributed by atoms with Crippen LogP contribution in [0.3, 0.4) is 0 Å². The number of piperidine rings is 1. The van der Waals surface area contributed by atoms with E-state index in [0.717, 1.165) is 31.6 Å². The van der Waals surface area contributed by atoms with Gasteiger partial charge in [0.1, 0.15) is 0 Å². The number of aliphatic hydroxyl groups is 1. The number of hydrogen-bond acceptors (Lipinski definition) is 3. The second kappa shape index (κ2) is 7.41. The molecule has 0 saturated carbocycles. The molecule has 1 atom stereocenters. The van der Waals surface area contributed by atoms with Crippen LogP contribution >= 0.6 is 11.6 Å². The van der Waals surface area contributed by atoms with Crippen molar-refractivity contribution < 1.29 is 5.11 Å². The zero-order chi connectivity index (χ0) is 14.5. The number of aliphatic hydroxyl groups excluding tert-OH is 1. The Hall–Kier alpha value is -0.610. The fourth-order valence-electron chi connectivity index (χ4n) is 2.82. The Labute approximate surface area is 127 Å². The van der Waals surface area contributed by atoms with Gasteiger partial charge in [0.05, 0.1) is 6.10 Å². The van der Waals surface area contributed by atoms with Gasteiger partial charge in [-0.25, -0.2) is 0 Å². The highest BCUT2D eigenvalue weighted by molar-refractivity contribution is 6.30. The fraction of sp³-hybridized carbons (Fsp3) is 0.625. The molecule has 2 rings (SSSR count). The summed E-state index contributed by atoms with van der Waals surface area (Å²) in [6, 6.07) is 8.20. The largest absolute Gasteiger partial charge is 0.388 e. The van der Waals surface area contributed by atoms with E-state index in [1.54, 1.807) is 0 Å². The molecule has 1 aliphatic rings. The molecule has 0 radical (unpaired) electrons. The fourth-order valence-corrected chi connectivity index (χ4v) is 2.94. The first-order valence-electron chi connectivity index (χ1n) is 7.38. The third-order valence-electron chi connectivity index (χ3n) is 4.26. The Balaban J connectivity index is 1.74. The Morgan fingerprint density at radius 3 is 2.40 bits per heavy atom. The first-order chi connectivity index (χ1) is 9.56. The summed E-state index contributed by atoms with van der Waals surface area (Å²) < 4.78 is 0. The van der Waals surface area contributed by atoms with Crippen molar-refractivity contribution in [2.24, 2.45) is 0 Å². The predicted octanol–water partition coefficient (Wildman–Crippen LogP) is 2.79. The number of hydrogen-bond donors (Lipinski definition) is 1. The average Bonchev–Trinajstić information content (AvgIpc) is 2.46. The first-order valence-corrected chi connectivity index (χ1v) is 7.76. The molecule has 1 N–H and O–H groups in total. The van der Waals surface area contributed by atoms with Crippen molar-refractivity contribution in [1.82, 2.24) is 9.80 Å². The smallest absolute Gasteiger partial charge is 0.0802 e. The molecule has 0 aliphatic carbocycles. The minimum Gasteiger partial charge on any atom is -0.388 e. The SMILES string of the molecule is CN(C)C1CCN(CCC(O)c2ccc(Cl)cc2)CC1. The number of halogens is 1. The highest BCUT2D eigenvalue weighted by atomic mass is 35.5. The summed E-state index contributed by atoms with van der Waals surface area (Å²) >= 11 is 5.86. The van der Waals surface area contributed by atoms with Crippen LogP contribution in [0, 0.1) is 0 Å². The van der Waals surface area contributed by atoms with Crippen LogP contribution in [0.2, 0.25) is 5.02 Å². The monoisotopic (exact) mass is 296 g/mol. The van der Waals surface area contributed by atoms with Gasteiger partial charge in [-0.15, -0.1) is 0 Å². The molecule has 0 bridgehead atoms. The normalized spacial score (nSPS) is 19.4. The maximum Gasteiger partial charge on any atom is 0.0802 e. The van der Waals surface area contributed by atoms with Crippen molar-refractivity contribution in [3.8, 4) is 0 Å². The van der Waals surface area contributed by atoms with Crippen molar-refractivity contribution in [3.63, 3.8) is 0 Å². The van der Waals surface area contributed by atoms with Crippen molar-refractivity contribution in [1.29, 1.82) is 0 Å². The van der Waals surface area contributed by atoms with Crippen LogP contribution in [-0.4, -0.2) is 54.7 Å². The topological polar surface area (TPSA) is 26.7 Å². The second-order valence-corrected chi connectivity index (χ2v) is 6.33. The molecule has 0 spiro atoms. The highest BCUT2D eigenvalue weighted by Crippen LogP contribution is 2.21. The lowest BCUT2D eigenvalue weighted by atomic mass is 10.0. The van der Waals surface area contributed by atoms with Gasteiger partial charge in [0, 0.05) is 17.6 Å². The summed E-state index contributed by atoms with van der Waals surface area (Å²) in [5.41, 5.74) is 0.956. The van der Waals surface area contributed by atoms with E-state index in [2.05, 4.69) is 23.9 Å². The Morgan fingerprint density at radius 2 is 1.85 bits per heavy atom. The molecular weight excluding hydrogens is 272 g/mol. The maximum absolute atomic E-state index is 10.2. The molecule has 4 heteroatoms. The zero-order valence-electron chi connectivity index (χ0n) is 12.4. The molecule has 1 unspecified atom stereocenters. The van der Waals surface area contributed by atoms with Crippen LogP contribution in [0.5, 0.6) is 0 Å². The molecule has 1 aromatic rings. The van der Waals surface area contributed by atoms with E-state index in [4.69, 9.17) is 11.6 Å². The van der Waals surface area contributed by atoms with Crippen LogP contribution < -0.4 is 0 Å². The number of likely N-dealkylation sites (tertiary alicyclic amines) is 1. The molecular formula is C16H25ClN2O. The Kier molecular flexibility index (Phi) is 5.85. The van der Waals surface area contributed by atoms with Crippen LogP contribution in [0.25, 0.3) is 0 Å². The van der Waals surface area contributed by atoms with Gasteiger partial charge in [-0.3, -0.25) is 0 Å². The van der Waals surface area contributed by atoms with Gasteiger partial charge in [-0.05, 0) is 64.1 Å². The summed E-state index contributed by atoms with van der Waals surface area (Å²) in [6.07, 6.45) is 2.85. The molecule has 20 heavy (non-hydrogen) atoms. The van der Waals surface area contributed by atoms with E-state index < -0.39 is 0 Å². The molecule has 1 heterocycles. The molecule has 1 fully saturated rings. The van der Waals surface area contributed by atoms with Gasteiger partial charge in [0.15, 0.2) is 0 Å². The quantitative estimate of drug-likeness (QED) is 0.905. The minimum absolute atomic E-state index is 0.390. The maximum atomic E-state index is 10.2. The number of benzene rings is 1. The molecule has 1 aromatic carbocycles. The average molecular weight is 297 g/mol. The van der Waals surface area contributed by atoms with Crippen LogP contribution in [0.15, 0.2) is 24.3 Å². The van der Waals surface area contributed by atoms with E-state index in [0.29, 0.717) is 11.1 Å². The molecule has 0 aromatic heterocycles. The van der Waals surface area contributed by atoms with Gasteiger partial charge >= 0.3 is 0 Å². The van der Waals surface area contributed by atoms with Gasteiger partial charge in [-0.2, -0.15) is 0 Å². The zero-order valence-corrected chi connectivity index (χ0v) is 13.2. The second-order valence-electron chi connectivity index (χ2n) is 5.89. The number of rotatable bonds is 5. The standard InChI is InChI=1S/C16H25ClN2O/c1-18(2)15-7-10-19(11-8-15)12-9-16(20)13-3-5-14(17)6-4-13/h3-6,15-16,20H,7-12H2,1-2H3. The first kappa shape index (κ1) is 15.8. The molecule has 3 nitrogen and oxygen atoms in total. The Morgan fingerprint density at radius 1 is 1.25 bits per heavy atom. The Bertz CT molecular complexity index is 399. The summed E-state index contributed by atoms with van der Waals surface area (Å²) in [5.74, 6) is 0. The summed E-state index contributed by atoms with van der Waals surface area (Å²) in [7, 11) is 4.31. The molecule has 0 amide bonds. The van der Waals surface area contributed by atoms with Gasteiger partial charge in [0.25, 0.3) is 0 Å². The van der Waals surface area contributed by atoms with Crippen LogP contribution in [0.1, 0.15) is 30.9 Å². The lowest BCUT2D eigenvalue weighted by molar-refractivity contribution is 0.110. The van der Waals surface area contributed by atoms with E-state index >= 15 is 0 Å². The van der Waals surface area contributed by atoms with E-state index in [1.807, 2.05) is 24.3 Å². The lowest BCUT2D eigenvalue weighted by Gasteiger charge is -2.35. The minimum atomic E-state index is -0.390. The summed E-state index contributed by atoms with van der Waals surface area (Å²) in [4.78, 5) is 4.78. The number of nitrogens with zero attached hydrogens (tertiary/aromatic N) is 2. The van der Waals surface area contributed by atoms with Crippen LogP contribution in [0.4, 0.5) is 0 Å². The van der Waals surface area contributed by atoms with Gasteiger partial charge in [-0.1, -0.05) is 23.7 Å². The lowest BCUT2D eigenvalue weighted by Crippen LogP contribution is -2.42. The molecule has 1 aliphatic heterocycles. The molecule has 112 valence electrons. The van der Waals surface area contributed by atoms with Crippen molar-refractivity contribution >= 4 is 11.6 Å². The summed E-state index contributed by atoms with van der Waals surface area (Å²) in [6.45, 7) is 3.23. The van der Waals surface area contributed by atoms with Crippen molar-refractivity contribution in [3.05, 3.63) is 34.9 Å². The third-order valence-corrected chi connectivity index (χ3v) is 4.51. The van der Waals surface area contributed by atoms with E-state index in [1.165, 1.54) is 12.8 Å². The predicted molar refractivity (Wildman–Crippen MR) is 84.2 cm³/mol. The van der Waals surface area contributed by atoms with Crippen LogP contribution in [-0.2, 0) is 0 Å². The van der Waals surface area contributed by atoms with E-state index in [-0.39, 0.29) is 6.10 Å². The van der Waals surface area contributed by atoms with E-state index in [9.17, 15) is 5.11 Å². The highest BCUT2D eigenvalue weighted by Gasteiger charge is 2.20. The molecule has 1 saturated heterocycles. The third kappa shape index (κ3) is 4.45.